The van der Waals surface area contributed by atoms with Crippen molar-refractivity contribution in [2.45, 2.75) is 20.3 Å². The number of hydrazine groups is 1. The number of aromatic nitrogens is 4. The Morgan fingerprint density at radius 1 is 1.41 bits per heavy atom. The largest absolute Gasteiger partial charge is 0.308 e. The van der Waals surface area contributed by atoms with E-state index in [0.717, 1.165) is 23.4 Å². The molecule has 2 rings (SSSR count). The lowest BCUT2D eigenvalue weighted by molar-refractivity contribution is 0.768. The first-order chi connectivity index (χ1) is 8.15. The number of rotatable bonds is 3. The molecule has 90 valence electrons. The summed E-state index contributed by atoms with van der Waals surface area (Å²) >= 11 is 0. The first-order valence-corrected chi connectivity index (χ1v) is 5.49. The van der Waals surface area contributed by atoms with Crippen LogP contribution in [0.25, 0.3) is 11.5 Å². The molecule has 0 aliphatic carbocycles. The Morgan fingerprint density at radius 3 is 2.71 bits per heavy atom. The molecule has 0 saturated carbocycles. The van der Waals surface area contributed by atoms with Gasteiger partial charge < -0.3 is 5.43 Å². The minimum Gasteiger partial charge on any atom is -0.308 e. The molecular formula is C11H16N6. The van der Waals surface area contributed by atoms with E-state index in [1.807, 2.05) is 33.2 Å². The summed E-state index contributed by atoms with van der Waals surface area (Å²) < 4.78 is 1.72. The zero-order chi connectivity index (χ0) is 12.4. The number of aryl methyl sites for hydroxylation is 2. The highest BCUT2D eigenvalue weighted by Crippen LogP contribution is 2.20. The van der Waals surface area contributed by atoms with Crippen LogP contribution in [0.1, 0.15) is 18.2 Å². The predicted octanol–water partition coefficient (Wildman–Crippen LogP) is 1.03. The summed E-state index contributed by atoms with van der Waals surface area (Å²) in [6, 6.07) is 1.88. The lowest BCUT2D eigenvalue weighted by Gasteiger charge is -2.10. The highest BCUT2D eigenvalue weighted by atomic mass is 15.3. The summed E-state index contributed by atoms with van der Waals surface area (Å²) in [6.07, 6.45) is 2.70. The Hall–Kier alpha value is -1.95. The van der Waals surface area contributed by atoms with Crippen LogP contribution >= 0.6 is 0 Å². The van der Waals surface area contributed by atoms with E-state index in [2.05, 4.69) is 20.5 Å². The predicted molar refractivity (Wildman–Crippen MR) is 66.2 cm³/mol. The molecule has 17 heavy (non-hydrogen) atoms. The van der Waals surface area contributed by atoms with E-state index >= 15 is 0 Å². The van der Waals surface area contributed by atoms with Gasteiger partial charge in [-0.15, -0.1) is 0 Å². The minimum atomic E-state index is 0.591. The van der Waals surface area contributed by atoms with Crippen LogP contribution in [-0.4, -0.2) is 19.7 Å². The monoisotopic (exact) mass is 232 g/mol. The SMILES string of the molecule is CCc1c(C)nc(-c2ccn(C)n2)nc1NN. The summed E-state index contributed by atoms with van der Waals surface area (Å²) in [5.41, 5.74) is 5.33. The average molecular weight is 232 g/mol. The van der Waals surface area contributed by atoms with E-state index in [1.54, 1.807) is 4.68 Å². The fourth-order valence-electron chi connectivity index (χ4n) is 1.79. The number of nitrogens with two attached hydrogens (primary N) is 1. The second kappa shape index (κ2) is 4.50. The first kappa shape index (κ1) is 11.5. The van der Waals surface area contributed by atoms with Gasteiger partial charge in [0.1, 0.15) is 11.5 Å². The van der Waals surface area contributed by atoms with Crippen molar-refractivity contribution in [2.75, 3.05) is 5.43 Å². The van der Waals surface area contributed by atoms with Gasteiger partial charge in [0.05, 0.1) is 0 Å². The van der Waals surface area contributed by atoms with Crippen LogP contribution in [0.15, 0.2) is 12.3 Å². The van der Waals surface area contributed by atoms with E-state index in [4.69, 9.17) is 5.84 Å². The molecule has 0 amide bonds. The highest BCUT2D eigenvalue weighted by molar-refractivity contribution is 5.55. The molecule has 0 bridgehead atoms. The molecule has 2 heterocycles. The summed E-state index contributed by atoms with van der Waals surface area (Å²) in [7, 11) is 1.86. The van der Waals surface area contributed by atoms with Crippen LogP contribution < -0.4 is 11.3 Å². The maximum Gasteiger partial charge on any atom is 0.182 e. The van der Waals surface area contributed by atoms with Gasteiger partial charge in [-0.2, -0.15) is 5.10 Å². The fourth-order valence-corrected chi connectivity index (χ4v) is 1.79. The van der Waals surface area contributed by atoms with E-state index in [0.29, 0.717) is 11.6 Å². The van der Waals surface area contributed by atoms with Gasteiger partial charge >= 0.3 is 0 Å². The first-order valence-electron chi connectivity index (χ1n) is 5.49. The van der Waals surface area contributed by atoms with Crippen molar-refractivity contribution in [3.8, 4) is 11.5 Å². The van der Waals surface area contributed by atoms with Gasteiger partial charge in [0.15, 0.2) is 5.82 Å². The van der Waals surface area contributed by atoms with E-state index in [9.17, 15) is 0 Å². The molecular weight excluding hydrogens is 216 g/mol. The van der Waals surface area contributed by atoms with Gasteiger partial charge in [0, 0.05) is 24.5 Å². The number of anilines is 1. The maximum absolute atomic E-state index is 5.48. The third-order valence-corrected chi connectivity index (χ3v) is 2.65. The lowest BCUT2D eigenvalue weighted by Crippen LogP contribution is -2.13. The van der Waals surface area contributed by atoms with Gasteiger partial charge in [-0.3, -0.25) is 4.68 Å². The number of hydrogen-bond acceptors (Lipinski definition) is 5. The third-order valence-electron chi connectivity index (χ3n) is 2.65. The van der Waals surface area contributed by atoms with Crippen LogP contribution in [-0.2, 0) is 13.5 Å². The van der Waals surface area contributed by atoms with Crippen molar-refractivity contribution in [1.29, 1.82) is 0 Å². The molecule has 2 aromatic heterocycles. The molecule has 6 nitrogen and oxygen atoms in total. The van der Waals surface area contributed by atoms with Gasteiger partial charge in [-0.25, -0.2) is 15.8 Å². The molecule has 0 unspecified atom stereocenters. The van der Waals surface area contributed by atoms with E-state index in [-0.39, 0.29) is 0 Å². The third kappa shape index (κ3) is 2.12. The van der Waals surface area contributed by atoms with Crippen molar-refractivity contribution in [3.05, 3.63) is 23.5 Å². The van der Waals surface area contributed by atoms with Crippen LogP contribution in [0, 0.1) is 6.92 Å². The number of hydrogen-bond donors (Lipinski definition) is 2. The van der Waals surface area contributed by atoms with Gasteiger partial charge in [0.2, 0.25) is 0 Å². The molecule has 2 aromatic rings. The zero-order valence-electron chi connectivity index (χ0n) is 10.2. The summed E-state index contributed by atoms with van der Waals surface area (Å²) in [4.78, 5) is 8.84. The number of nitrogens with zero attached hydrogens (tertiary/aromatic N) is 4. The van der Waals surface area contributed by atoms with Crippen LogP contribution in [0.2, 0.25) is 0 Å². The molecule has 0 radical (unpaired) electrons. The zero-order valence-corrected chi connectivity index (χ0v) is 10.2. The van der Waals surface area contributed by atoms with Gasteiger partial charge in [0.25, 0.3) is 0 Å². The molecule has 0 atom stereocenters. The van der Waals surface area contributed by atoms with Crippen molar-refractivity contribution in [3.63, 3.8) is 0 Å². The molecule has 0 aromatic carbocycles. The van der Waals surface area contributed by atoms with Crippen LogP contribution in [0.5, 0.6) is 0 Å². The van der Waals surface area contributed by atoms with Gasteiger partial charge in [-0.1, -0.05) is 6.92 Å². The second-order valence-electron chi connectivity index (χ2n) is 3.83. The van der Waals surface area contributed by atoms with Crippen molar-refractivity contribution in [2.24, 2.45) is 12.9 Å². The minimum absolute atomic E-state index is 0.591. The molecule has 3 N–H and O–H groups in total. The summed E-state index contributed by atoms with van der Waals surface area (Å²) in [5, 5.41) is 4.28. The molecule has 0 saturated heterocycles. The molecule has 0 spiro atoms. The van der Waals surface area contributed by atoms with Crippen molar-refractivity contribution >= 4 is 5.82 Å². The summed E-state index contributed by atoms with van der Waals surface area (Å²) in [5.74, 6) is 6.74. The molecule has 6 heteroatoms. The van der Waals surface area contributed by atoms with Gasteiger partial charge in [-0.05, 0) is 19.4 Å². The smallest absolute Gasteiger partial charge is 0.182 e. The van der Waals surface area contributed by atoms with E-state index < -0.39 is 0 Å². The van der Waals surface area contributed by atoms with E-state index in [1.165, 1.54) is 0 Å². The Labute approximate surface area is 99.9 Å². The quantitative estimate of drug-likeness (QED) is 0.610. The number of nitrogens with one attached hydrogen (secondary N) is 1. The van der Waals surface area contributed by atoms with Crippen molar-refractivity contribution < 1.29 is 0 Å². The summed E-state index contributed by atoms with van der Waals surface area (Å²) in [6.45, 7) is 4.00. The Balaban J connectivity index is 2.53. The second-order valence-corrected chi connectivity index (χ2v) is 3.83. The molecule has 0 aliphatic rings. The van der Waals surface area contributed by atoms with Crippen molar-refractivity contribution in [1.82, 2.24) is 19.7 Å². The molecule has 0 aliphatic heterocycles. The lowest BCUT2D eigenvalue weighted by atomic mass is 10.1. The maximum atomic E-state index is 5.48. The normalized spacial score (nSPS) is 10.6. The average Bonchev–Trinajstić information content (AvgIpc) is 2.74. The molecule has 0 fully saturated rings. The Kier molecular flexibility index (Phi) is 3.06. The topological polar surface area (TPSA) is 81.7 Å². The number of nitrogen functional groups attached to an aromatic ring is 1. The fraction of sp³-hybridized carbons (Fsp3) is 0.364. The Morgan fingerprint density at radius 2 is 2.18 bits per heavy atom. The Bertz CT molecular complexity index is 531. The highest BCUT2D eigenvalue weighted by Gasteiger charge is 2.12. The standard InChI is InChI=1S/C11H16N6/c1-4-8-7(2)13-11(14-10(8)15-12)9-5-6-17(3)16-9/h5-6H,4,12H2,1-3H3,(H,13,14,15). The van der Waals surface area contributed by atoms with Crippen LogP contribution in [0.4, 0.5) is 5.82 Å². The van der Waals surface area contributed by atoms with Crippen LogP contribution in [0.3, 0.4) is 0 Å².